The van der Waals surface area contributed by atoms with Gasteiger partial charge < -0.3 is 66.4 Å². The Balaban J connectivity index is 2.98. The van der Waals surface area contributed by atoms with Gasteiger partial charge in [0.2, 0.25) is 65.0 Å². The van der Waals surface area contributed by atoms with Crippen LogP contribution in [0.3, 0.4) is 0 Å². The lowest BCUT2D eigenvalue weighted by atomic mass is 9.89. The predicted molar refractivity (Wildman–Crippen MR) is 353 cm³/mol. The van der Waals surface area contributed by atoms with Gasteiger partial charge in [0.25, 0.3) is 0 Å². The van der Waals surface area contributed by atoms with E-state index >= 15 is 19.2 Å². The zero-order valence-corrected chi connectivity index (χ0v) is 59.2. The van der Waals surface area contributed by atoms with Gasteiger partial charge in [0.15, 0.2) is 0 Å². The lowest BCUT2D eigenvalue weighted by Gasteiger charge is -2.41. The fraction of sp³-hybridized carbons (Fsp3) is 0.746. The van der Waals surface area contributed by atoms with Gasteiger partial charge in [-0.2, -0.15) is 0 Å². The summed E-state index contributed by atoms with van der Waals surface area (Å²) >= 11 is 0. The Hall–Kier alpha value is -6.85. The van der Waals surface area contributed by atoms with Crippen LogP contribution in [0.15, 0.2) is 24.3 Å². The highest BCUT2D eigenvalue weighted by Crippen LogP contribution is 2.26. The Labute approximate surface area is 543 Å². The average molecular weight is 1280 g/mol. The minimum Gasteiger partial charge on any atom is -0.399 e. The Morgan fingerprint density at radius 2 is 0.945 bits per heavy atom. The maximum Gasteiger partial charge on any atom is 0.246 e. The zero-order valence-electron chi connectivity index (χ0n) is 59.2. The number of hydrogen-bond acceptors (Lipinski definition) is 13. The number of hydrogen-bond donors (Lipinski definition) is 6. The molecule has 1 aromatic carbocycles. The lowest BCUT2D eigenvalue weighted by molar-refractivity contribution is -0.157. The highest BCUT2D eigenvalue weighted by atomic mass is 16.3. The molecule has 24 heteroatoms. The van der Waals surface area contributed by atoms with E-state index in [1.807, 2.05) is 73.6 Å². The predicted octanol–water partition coefficient (Wildman–Crippen LogP) is 3.91. The van der Waals surface area contributed by atoms with Crippen LogP contribution in [0.4, 0.5) is 5.69 Å². The number of carbonyl (C=O) groups is 11. The molecule has 1 aliphatic rings. The molecule has 0 saturated carbocycles. The molecule has 11 amide bonds. The molecule has 1 saturated heterocycles. The van der Waals surface area contributed by atoms with E-state index in [0.717, 1.165) is 15.4 Å². The van der Waals surface area contributed by atoms with Gasteiger partial charge in [0, 0.05) is 55.0 Å². The molecule has 0 spiro atoms. The van der Waals surface area contributed by atoms with E-state index in [4.69, 9.17) is 5.73 Å². The second kappa shape index (κ2) is 36.4. The monoisotopic (exact) mass is 1280 g/mol. The van der Waals surface area contributed by atoms with Crippen LogP contribution >= 0.6 is 0 Å². The van der Waals surface area contributed by atoms with Crippen LogP contribution < -0.4 is 27.0 Å². The summed E-state index contributed by atoms with van der Waals surface area (Å²) in [5.74, 6) is -9.83. The van der Waals surface area contributed by atoms with Gasteiger partial charge in [-0.1, -0.05) is 109 Å². The average Bonchev–Trinajstić information content (AvgIpc) is 0.888. The second-order valence-corrected chi connectivity index (χ2v) is 27.9. The van der Waals surface area contributed by atoms with Crippen LogP contribution in [0.25, 0.3) is 0 Å². The molecule has 0 unspecified atom stereocenters. The van der Waals surface area contributed by atoms with E-state index in [-0.39, 0.29) is 55.8 Å². The number of nitrogens with zero attached hydrogens (tertiary/aromatic N) is 7. The number of carbonyl (C=O) groups excluding carboxylic acids is 11. The number of nitrogens with two attached hydrogens (primary N) is 1. The number of aryl methyl sites for hydroxylation is 1. The summed E-state index contributed by atoms with van der Waals surface area (Å²) < 4.78 is 0. The molecule has 0 aromatic heterocycles. The topological polar surface area (TPSA) is 305 Å². The summed E-state index contributed by atoms with van der Waals surface area (Å²) in [6.07, 6.45) is 0.629. The third-order valence-corrected chi connectivity index (χ3v) is 17.4. The molecule has 7 N–H and O–H groups in total. The van der Waals surface area contributed by atoms with Crippen LogP contribution in [-0.4, -0.2) is 227 Å². The molecular weight excluding hydrogens is 1160 g/mol. The molecule has 0 bridgehead atoms. The number of amides is 11. The van der Waals surface area contributed by atoms with E-state index in [9.17, 15) is 38.7 Å². The second-order valence-electron chi connectivity index (χ2n) is 27.9. The first-order valence-corrected chi connectivity index (χ1v) is 32.7. The number of aliphatic hydroxyl groups excluding tert-OH is 1. The van der Waals surface area contributed by atoms with Crippen molar-refractivity contribution in [2.24, 2.45) is 41.4 Å². The molecule has 1 aromatic rings. The molecule has 1 fully saturated rings. The molecule has 12 atom stereocenters. The van der Waals surface area contributed by atoms with Crippen LogP contribution in [-0.2, 0) is 59.2 Å². The van der Waals surface area contributed by atoms with Gasteiger partial charge in [0.05, 0.1) is 12.6 Å². The number of aliphatic hydroxyl groups is 1. The van der Waals surface area contributed by atoms with Crippen LogP contribution in [0.5, 0.6) is 0 Å². The summed E-state index contributed by atoms with van der Waals surface area (Å²) in [6.45, 7) is 27.6. The normalized spacial score (nSPS) is 25.8. The Kier molecular flexibility index (Phi) is 32.1. The van der Waals surface area contributed by atoms with E-state index < -0.39 is 156 Å². The van der Waals surface area contributed by atoms with Crippen molar-refractivity contribution in [3.63, 3.8) is 0 Å². The molecular formula is C67H116N12O12. The summed E-state index contributed by atoms with van der Waals surface area (Å²) in [4.78, 5) is 170. The summed E-state index contributed by atoms with van der Waals surface area (Å²) in [6, 6.07) is -5.05. The van der Waals surface area contributed by atoms with E-state index in [1.165, 1.54) is 87.7 Å². The smallest absolute Gasteiger partial charge is 0.246 e. The van der Waals surface area contributed by atoms with E-state index in [2.05, 4.69) is 21.3 Å². The fourth-order valence-corrected chi connectivity index (χ4v) is 11.7. The number of benzene rings is 1. The lowest BCUT2D eigenvalue weighted by Crippen LogP contribution is -2.63. The summed E-state index contributed by atoms with van der Waals surface area (Å²) in [7, 11) is 9.94. The molecule has 1 heterocycles. The van der Waals surface area contributed by atoms with Crippen molar-refractivity contribution in [1.29, 1.82) is 0 Å². The van der Waals surface area contributed by atoms with Gasteiger partial charge in [-0.25, -0.2) is 0 Å². The Morgan fingerprint density at radius 3 is 1.43 bits per heavy atom. The molecule has 91 heavy (non-hydrogen) atoms. The van der Waals surface area contributed by atoms with Crippen LogP contribution in [0.1, 0.15) is 161 Å². The highest BCUT2D eigenvalue weighted by molar-refractivity contribution is 5.99. The first-order chi connectivity index (χ1) is 42.1. The molecule has 24 nitrogen and oxygen atoms in total. The molecule has 516 valence electrons. The summed E-state index contributed by atoms with van der Waals surface area (Å²) in [5.41, 5.74) is 7.62. The van der Waals surface area contributed by atoms with Crippen LogP contribution in [0, 0.1) is 41.4 Å². The van der Waals surface area contributed by atoms with Gasteiger partial charge in [-0.3, -0.25) is 52.7 Å². The minimum atomic E-state index is -1.64. The number of likely N-dealkylation sites (N-methyl/N-ethyl adjacent to an activating group) is 7. The van der Waals surface area contributed by atoms with Gasteiger partial charge in [-0.05, 0) is 124 Å². The largest absolute Gasteiger partial charge is 0.399 e. The van der Waals surface area contributed by atoms with Crippen molar-refractivity contribution in [1.82, 2.24) is 55.6 Å². The van der Waals surface area contributed by atoms with E-state index in [0.29, 0.717) is 24.9 Å². The third kappa shape index (κ3) is 22.7. The Bertz CT molecular complexity index is 2650. The van der Waals surface area contributed by atoms with Crippen molar-refractivity contribution in [2.45, 2.75) is 229 Å². The third-order valence-electron chi connectivity index (χ3n) is 17.4. The van der Waals surface area contributed by atoms with Gasteiger partial charge >= 0.3 is 0 Å². The Morgan fingerprint density at radius 1 is 0.495 bits per heavy atom. The van der Waals surface area contributed by atoms with Crippen molar-refractivity contribution in [3.05, 3.63) is 29.8 Å². The van der Waals surface area contributed by atoms with E-state index in [1.54, 1.807) is 47.6 Å². The number of anilines is 1. The molecule has 0 radical (unpaired) electrons. The maximum atomic E-state index is 15.3. The maximum absolute atomic E-state index is 15.3. The number of nitrogen functional groups attached to an aromatic ring is 1. The zero-order chi connectivity index (χ0) is 70.0. The number of nitrogens with one attached hydrogen (secondary N) is 4. The van der Waals surface area contributed by atoms with Crippen molar-refractivity contribution in [2.75, 3.05) is 61.6 Å². The fourth-order valence-electron chi connectivity index (χ4n) is 11.7. The molecule has 0 aliphatic carbocycles. The van der Waals surface area contributed by atoms with Crippen molar-refractivity contribution in [3.8, 4) is 0 Å². The van der Waals surface area contributed by atoms with Gasteiger partial charge in [0.1, 0.15) is 60.4 Å². The van der Waals surface area contributed by atoms with Crippen molar-refractivity contribution >= 4 is 70.7 Å². The first-order valence-electron chi connectivity index (χ1n) is 32.7. The quantitative estimate of drug-likeness (QED) is 0.121. The van der Waals surface area contributed by atoms with Crippen LogP contribution in [0.2, 0.25) is 0 Å². The summed E-state index contributed by atoms with van der Waals surface area (Å²) in [5, 5.41) is 23.4. The minimum absolute atomic E-state index is 0.0106. The van der Waals surface area contributed by atoms with Gasteiger partial charge in [-0.15, -0.1) is 0 Å². The standard InChI is InChI=1S/C67H116N12O12/c1-24-48-63(87)73(17)36-53(80)74(18)49(31-37(2)3)60(84)72-54(41(10)11)66(90)75(19)50(32-38(4)5)59(83)69-44(15)58(82)70-45(16)62(86)76(20)51(33-39(6)7)64(88)77(21)52(34-40(8)9)65(89)78(22)55(42(12)13)67(91)79(23)56(61(85)71-48)57(81)43(14)27-25-28-46-29-26-30-47(68)35-46/h26,29-30,35,37-45,48-52,54-57,81H,24-25,27-28,31-34,36,68H2,1-23H3,(H,69,83)(H,70,82)(H,71,85)(H,72,84)/t43-,44+,45-,48+,49+,50+,51+,52+,54+,55+,56+,57-/m1/s1. The number of rotatable bonds is 17. The first kappa shape index (κ1) is 80.2. The molecule has 2 rings (SSSR count). The molecule has 1 aliphatic heterocycles. The van der Waals surface area contributed by atoms with Crippen molar-refractivity contribution < 1.29 is 57.8 Å². The highest BCUT2D eigenvalue weighted by Gasteiger charge is 2.46. The SMILES string of the molecule is CC[C@@H]1NC(=O)[C@H]([C@H](O)[C@H](C)CCCc2cccc(N)c2)N(C)C(=O)[C@H](C(C)C)N(C)C(=O)[C@H](CC(C)C)N(C)C(=O)[C@H](CC(C)C)N(C)C(=O)[C@@H](C)NC(=O)[C@H](C)NC(=O)[C@H](CC(C)C)N(C)C(=O)[C@H](C(C)C)NC(=O)[C@H](CC(C)C)N(C)C(=O)CN(C)C1=O.